The fraction of sp³-hybridized carbons (Fsp3) is 0.600. The van der Waals surface area contributed by atoms with Gasteiger partial charge in [0.15, 0.2) is 0 Å². The minimum absolute atomic E-state index is 0.731. The number of hydrogen-bond acceptors (Lipinski definition) is 3. The van der Waals surface area contributed by atoms with E-state index in [4.69, 9.17) is 9.47 Å². The summed E-state index contributed by atoms with van der Waals surface area (Å²) in [5.41, 5.74) is 1.27. The molecule has 1 N–H and O–H groups in total. The fourth-order valence-corrected chi connectivity index (χ4v) is 2.60. The summed E-state index contributed by atoms with van der Waals surface area (Å²) in [4.78, 5) is 0. The quantitative estimate of drug-likeness (QED) is 0.841. The Bertz CT molecular complexity index is 373. The third kappa shape index (κ3) is 3.39. The first-order chi connectivity index (χ1) is 8.83. The van der Waals surface area contributed by atoms with E-state index in [-0.39, 0.29) is 0 Å². The Labute approximate surface area is 109 Å². The average Bonchev–Trinajstić information content (AvgIpc) is 2.92. The van der Waals surface area contributed by atoms with Crippen molar-refractivity contribution < 1.29 is 9.47 Å². The lowest BCUT2D eigenvalue weighted by Crippen LogP contribution is -2.21. The molecule has 18 heavy (non-hydrogen) atoms. The van der Waals surface area contributed by atoms with Crippen LogP contribution in [0.25, 0.3) is 0 Å². The highest BCUT2D eigenvalue weighted by atomic mass is 16.5. The molecule has 0 bridgehead atoms. The zero-order valence-corrected chi connectivity index (χ0v) is 11.4. The molecule has 1 aliphatic rings. The van der Waals surface area contributed by atoms with Gasteiger partial charge in [-0.1, -0.05) is 6.07 Å². The Balaban J connectivity index is 1.87. The van der Waals surface area contributed by atoms with Gasteiger partial charge in [0.1, 0.15) is 11.5 Å². The third-order valence-corrected chi connectivity index (χ3v) is 3.66. The van der Waals surface area contributed by atoms with Crippen LogP contribution in [0.1, 0.15) is 31.2 Å². The summed E-state index contributed by atoms with van der Waals surface area (Å²) in [6.07, 6.45) is 6.21. The van der Waals surface area contributed by atoms with Gasteiger partial charge in [-0.15, -0.1) is 0 Å². The van der Waals surface area contributed by atoms with Crippen LogP contribution in [0.3, 0.4) is 0 Å². The van der Waals surface area contributed by atoms with Crippen molar-refractivity contribution in [1.82, 2.24) is 5.32 Å². The maximum Gasteiger partial charge on any atom is 0.125 e. The van der Waals surface area contributed by atoms with E-state index in [1.165, 1.54) is 37.8 Å². The Morgan fingerprint density at radius 3 is 2.83 bits per heavy atom. The molecule has 1 aliphatic heterocycles. The van der Waals surface area contributed by atoms with Crippen LogP contribution in [0.4, 0.5) is 0 Å². The van der Waals surface area contributed by atoms with E-state index in [1.54, 1.807) is 14.2 Å². The van der Waals surface area contributed by atoms with Crippen molar-refractivity contribution in [2.45, 2.75) is 38.1 Å². The molecule has 1 saturated heterocycles. The van der Waals surface area contributed by atoms with E-state index in [2.05, 4.69) is 11.4 Å². The molecule has 1 fully saturated rings. The van der Waals surface area contributed by atoms with Gasteiger partial charge < -0.3 is 14.8 Å². The van der Waals surface area contributed by atoms with Gasteiger partial charge in [0.2, 0.25) is 0 Å². The van der Waals surface area contributed by atoms with E-state index in [9.17, 15) is 0 Å². The topological polar surface area (TPSA) is 30.5 Å². The molecule has 1 aromatic carbocycles. The minimum atomic E-state index is 0.731. The van der Waals surface area contributed by atoms with E-state index in [0.29, 0.717) is 0 Å². The van der Waals surface area contributed by atoms with Gasteiger partial charge in [-0.05, 0) is 50.3 Å². The second-order valence-electron chi connectivity index (χ2n) is 4.86. The molecule has 100 valence electrons. The maximum atomic E-state index is 5.41. The number of nitrogens with one attached hydrogen (secondary N) is 1. The molecule has 1 aromatic rings. The third-order valence-electron chi connectivity index (χ3n) is 3.66. The highest BCUT2D eigenvalue weighted by Crippen LogP contribution is 2.26. The number of benzene rings is 1. The van der Waals surface area contributed by atoms with Gasteiger partial charge in [0.25, 0.3) is 0 Å². The summed E-state index contributed by atoms with van der Waals surface area (Å²) in [5, 5.41) is 3.54. The Morgan fingerprint density at radius 1 is 1.28 bits per heavy atom. The monoisotopic (exact) mass is 249 g/mol. The highest BCUT2D eigenvalue weighted by Gasteiger charge is 2.13. The molecular formula is C15H23NO2. The molecule has 0 saturated carbocycles. The van der Waals surface area contributed by atoms with Crippen molar-refractivity contribution in [2.24, 2.45) is 0 Å². The first kappa shape index (κ1) is 13.2. The SMILES string of the molecule is COc1ccc(CCCC2CCCN2)c(OC)c1. The average molecular weight is 249 g/mol. The zero-order chi connectivity index (χ0) is 12.8. The molecule has 0 aliphatic carbocycles. The summed E-state index contributed by atoms with van der Waals surface area (Å²) in [6, 6.07) is 6.81. The second kappa shape index (κ2) is 6.64. The Hall–Kier alpha value is -1.22. The van der Waals surface area contributed by atoms with Crippen LogP contribution in [0, 0.1) is 0 Å². The van der Waals surface area contributed by atoms with Gasteiger partial charge in [-0.2, -0.15) is 0 Å². The van der Waals surface area contributed by atoms with Gasteiger partial charge in [0, 0.05) is 12.1 Å². The lowest BCUT2D eigenvalue weighted by Gasteiger charge is -2.12. The number of methoxy groups -OCH3 is 2. The van der Waals surface area contributed by atoms with E-state index >= 15 is 0 Å². The molecule has 1 heterocycles. The molecule has 3 heteroatoms. The van der Waals surface area contributed by atoms with Crippen LogP contribution in [0.2, 0.25) is 0 Å². The van der Waals surface area contributed by atoms with Crippen LogP contribution >= 0.6 is 0 Å². The number of aryl methyl sites for hydroxylation is 1. The molecule has 0 spiro atoms. The first-order valence-corrected chi connectivity index (χ1v) is 6.78. The fourth-order valence-electron chi connectivity index (χ4n) is 2.60. The predicted molar refractivity (Wildman–Crippen MR) is 73.5 cm³/mol. The van der Waals surface area contributed by atoms with E-state index in [0.717, 1.165) is 24.0 Å². The lowest BCUT2D eigenvalue weighted by atomic mass is 10.0. The van der Waals surface area contributed by atoms with Crippen LogP contribution in [-0.2, 0) is 6.42 Å². The van der Waals surface area contributed by atoms with E-state index in [1.807, 2.05) is 12.1 Å². The lowest BCUT2D eigenvalue weighted by molar-refractivity contribution is 0.390. The van der Waals surface area contributed by atoms with Crippen LogP contribution in [-0.4, -0.2) is 26.8 Å². The van der Waals surface area contributed by atoms with Crippen LogP contribution in [0.15, 0.2) is 18.2 Å². The van der Waals surface area contributed by atoms with Crippen molar-refractivity contribution in [3.63, 3.8) is 0 Å². The van der Waals surface area contributed by atoms with Crippen LogP contribution < -0.4 is 14.8 Å². The number of rotatable bonds is 6. The summed E-state index contributed by atoms with van der Waals surface area (Å²) in [7, 11) is 3.40. The molecule has 1 unspecified atom stereocenters. The van der Waals surface area contributed by atoms with Crippen molar-refractivity contribution in [1.29, 1.82) is 0 Å². The smallest absolute Gasteiger partial charge is 0.125 e. The summed E-state index contributed by atoms with van der Waals surface area (Å²) in [6.45, 7) is 1.19. The molecule has 2 rings (SSSR count). The molecular weight excluding hydrogens is 226 g/mol. The molecule has 3 nitrogen and oxygen atoms in total. The number of ether oxygens (including phenoxy) is 2. The van der Waals surface area contributed by atoms with Crippen LogP contribution in [0.5, 0.6) is 11.5 Å². The number of hydrogen-bond donors (Lipinski definition) is 1. The predicted octanol–water partition coefficient (Wildman–Crippen LogP) is 2.78. The maximum absolute atomic E-state index is 5.41. The van der Waals surface area contributed by atoms with Gasteiger partial charge >= 0.3 is 0 Å². The Kier molecular flexibility index (Phi) is 4.88. The van der Waals surface area contributed by atoms with Gasteiger partial charge in [-0.25, -0.2) is 0 Å². The van der Waals surface area contributed by atoms with Gasteiger partial charge in [0.05, 0.1) is 14.2 Å². The first-order valence-electron chi connectivity index (χ1n) is 6.78. The largest absolute Gasteiger partial charge is 0.497 e. The molecule has 1 atom stereocenters. The zero-order valence-electron chi connectivity index (χ0n) is 11.4. The summed E-state index contributed by atoms with van der Waals surface area (Å²) in [5.74, 6) is 1.79. The van der Waals surface area contributed by atoms with Crippen molar-refractivity contribution >= 4 is 0 Å². The van der Waals surface area contributed by atoms with Crippen molar-refractivity contribution in [3.05, 3.63) is 23.8 Å². The second-order valence-corrected chi connectivity index (χ2v) is 4.86. The summed E-state index contributed by atoms with van der Waals surface area (Å²) >= 11 is 0. The highest BCUT2D eigenvalue weighted by molar-refractivity contribution is 5.40. The normalized spacial score (nSPS) is 18.9. The van der Waals surface area contributed by atoms with Gasteiger partial charge in [-0.3, -0.25) is 0 Å². The standard InChI is InChI=1S/C15H23NO2/c1-17-14-9-8-12(15(11-14)18-2)5-3-6-13-7-4-10-16-13/h8-9,11,13,16H,3-7,10H2,1-2H3. The van der Waals surface area contributed by atoms with E-state index < -0.39 is 0 Å². The van der Waals surface area contributed by atoms with Crippen molar-refractivity contribution in [2.75, 3.05) is 20.8 Å². The summed E-state index contributed by atoms with van der Waals surface area (Å²) < 4.78 is 10.6. The minimum Gasteiger partial charge on any atom is -0.497 e. The molecule has 0 radical (unpaired) electrons. The Morgan fingerprint density at radius 2 is 2.17 bits per heavy atom. The molecule has 0 aromatic heterocycles. The van der Waals surface area contributed by atoms with Crippen molar-refractivity contribution in [3.8, 4) is 11.5 Å². The molecule has 0 amide bonds.